The van der Waals surface area contributed by atoms with Crippen LogP contribution in [0.4, 0.5) is 0 Å². The molecule has 2 aromatic rings. The van der Waals surface area contributed by atoms with Crippen LogP contribution in [-0.2, 0) is 4.74 Å². The first-order chi connectivity index (χ1) is 11.2. The molecule has 6 heteroatoms. The number of ether oxygens (including phenoxy) is 3. The summed E-state index contributed by atoms with van der Waals surface area (Å²) in [6, 6.07) is 7.26. The van der Waals surface area contributed by atoms with Crippen LogP contribution in [0.2, 0.25) is 0 Å². The van der Waals surface area contributed by atoms with Crippen molar-refractivity contribution in [3.8, 4) is 22.6 Å². The summed E-state index contributed by atoms with van der Waals surface area (Å²) in [5.74, 6) is 1.19. The number of amides is 1. The summed E-state index contributed by atoms with van der Waals surface area (Å²) in [5, 5.41) is 2.77. The van der Waals surface area contributed by atoms with E-state index < -0.39 is 0 Å². The van der Waals surface area contributed by atoms with Crippen LogP contribution >= 0.6 is 0 Å². The van der Waals surface area contributed by atoms with Crippen molar-refractivity contribution in [3.63, 3.8) is 0 Å². The molecule has 1 heterocycles. The Morgan fingerprint density at radius 3 is 2.65 bits per heavy atom. The number of hydrogen-bond donors (Lipinski definition) is 1. The van der Waals surface area contributed by atoms with Crippen LogP contribution < -0.4 is 14.8 Å². The maximum absolute atomic E-state index is 12.1. The highest BCUT2D eigenvalue weighted by Crippen LogP contribution is 2.33. The second-order valence-corrected chi connectivity index (χ2v) is 4.78. The Morgan fingerprint density at radius 2 is 1.96 bits per heavy atom. The van der Waals surface area contributed by atoms with Crippen molar-refractivity contribution in [3.05, 3.63) is 42.2 Å². The molecule has 0 aliphatic rings. The second-order valence-electron chi connectivity index (χ2n) is 4.78. The monoisotopic (exact) mass is 316 g/mol. The lowest BCUT2D eigenvalue weighted by atomic mass is 10.0. The van der Waals surface area contributed by atoms with Gasteiger partial charge in [-0.25, -0.2) is 0 Å². The molecule has 0 saturated carbocycles. The van der Waals surface area contributed by atoms with E-state index in [9.17, 15) is 4.79 Å². The highest BCUT2D eigenvalue weighted by atomic mass is 16.5. The number of aromatic nitrogens is 1. The lowest BCUT2D eigenvalue weighted by molar-refractivity contribution is 0.0937. The van der Waals surface area contributed by atoms with Crippen LogP contribution in [0.5, 0.6) is 11.5 Å². The van der Waals surface area contributed by atoms with Crippen LogP contribution in [0.3, 0.4) is 0 Å². The summed E-state index contributed by atoms with van der Waals surface area (Å²) >= 11 is 0. The lowest BCUT2D eigenvalue weighted by Gasteiger charge is -2.11. The molecule has 0 aliphatic carbocycles. The van der Waals surface area contributed by atoms with Crippen LogP contribution in [0.15, 0.2) is 36.7 Å². The summed E-state index contributed by atoms with van der Waals surface area (Å²) in [6.07, 6.45) is 3.21. The van der Waals surface area contributed by atoms with Crippen molar-refractivity contribution >= 4 is 5.91 Å². The van der Waals surface area contributed by atoms with Gasteiger partial charge in [-0.15, -0.1) is 0 Å². The fourth-order valence-electron chi connectivity index (χ4n) is 2.12. The molecule has 1 N–H and O–H groups in total. The largest absolute Gasteiger partial charge is 0.497 e. The van der Waals surface area contributed by atoms with Crippen LogP contribution in [0.1, 0.15) is 10.4 Å². The molecule has 1 aromatic carbocycles. The molecule has 0 aliphatic heterocycles. The van der Waals surface area contributed by atoms with Gasteiger partial charge in [-0.3, -0.25) is 9.78 Å². The molecular formula is C17H20N2O4. The molecule has 2 rings (SSSR count). The van der Waals surface area contributed by atoms with Gasteiger partial charge in [-0.2, -0.15) is 0 Å². The minimum absolute atomic E-state index is 0.196. The van der Waals surface area contributed by atoms with E-state index in [-0.39, 0.29) is 5.91 Å². The zero-order chi connectivity index (χ0) is 16.7. The Bertz CT molecular complexity index is 673. The topological polar surface area (TPSA) is 69.7 Å². The first-order valence-corrected chi connectivity index (χ1v) is 7.14. The fraction of sp³-hybridized carbons (Fsp3) is 0.294. The molecule has 0 atom stereocenters. The van der Waals surface area contributed by atoms with Crippen molar-refractivity contribution in [1.29, 1.82) is 0 Å². The summed E-state index contributed by atoms with van der Waals surface area (Å²) in [6.45, 7) is 0.907. The molecule has 0 bridgehead atoms. The van der Waals surface area contributed by atoms with E-state index in [1.165, 1.54) is 6.20 Å². The van der Waals surface area contributed by atoms with Crippen molar-refractivity contribution in [1.82, 2.24) is 10.3 Å². The van der Waals surface area contributed by atoms with Crippen molar-refractivity contribution in [2.75, 3.05) is 34.5 Å². The van der Waals surface area contributed by atoms with Gasteiger partial charge in [0.15, 0.2) is 0 Å². The van der Waals surface area contributed by atoms with E-state index >= 15 is 0 Å². The normalized spacial score (nSPS) is 10.2. The summed E-state index contributed by atoms with van der Waals surface area (Å²) < 4.78 is 15.5. The number of rotatable bonds is 7. The molecule has 0 spiro atoms. The van der Waals surface area contributed by atoms with Gasteiger partial charge in [-0.05, 0) is 24.3 Å². The van der Waals surface area contributed by atoms with Gasteiger partial charge in [0.1, 0.15) is 11.5 Å². The molecule has 23 heavy (non-hydrogen) atoms. The van der Waals surface area contributed by atoms with Crippen LogP contribution in [-0.4, -0.2) is 45.4 Å². The van der Waals surface area contributed by atoms with Crippen LogP contribution in [0.25, 0.3) is 11.1 Å². The summed E-state index contributed by atoms with van der Waals surface area (Å²) in [7, 11) is 4.78. The van der Waals surface area contributed by atoms with Crippen molar-refractivity contribution in [2.24, 2.45) is 0 Å². The van der Waals surface area contributed by atoms with E-state index in [1.54, 1.807) is 33.6 Å². The van der Waals surface area contributed by atoms with Crippen molar-refractivity contribution in [2.45, 2.75) is 0 Å². The number of carbonyl (C=O) groups is 1. The third-order valence-electron chi connectivity index (χ3n) is 3.31. The first-order valence-electron chi connectivity index (χ1n) is 7.14. The first kappa shape index (κ1) is 16.8. The summed E-state index contributed by atoms with van der Waals surface area (Å²) in [4.78, 5) is 16.3. The third kappa shape index (κ3) is 4.20. The minimum atomic E-state index is -0.196. The van der Waals surface area contributed by atoms with E-state index in [0.29, 0.717) is 30.2 Å². The Hall–Kier alpha value is -2.60. The van der Waals surface area contributed by atoms with Gasteiger partial charge in [0.25, 0.3) is 5.91 Å². The molecule has 1 amide bonds. The number of nitrogens with zero attached hydrogens (tertiary/aromatic N) is 1. The molecule has 6 nitrogen and oxygen atoms in total. The number of methoxy groups -OCH3 is 3. The van der Waals surface area contributed by atoms with Crippen molar-refractivity contribution < 1.29 is 19.0 Å². The number of hydrogen-bond acceptors (Lipinski definition) is 5. The smallest absolute Gasteiger partial charge is 0.252 e. The fourth-order valence-corrected chi connectivity index (χ4v) is 2.12. The number of carbonyl (C=O) groups excluding carboxylic acids is 1. The zero-order valence-corrected chi connectivity index (χ0v) is 13.5. The SMILES string of the molecule is COCCNC(=O)c1cncc(-c2cc(OC)ccc2OC)c1. The Labute approximate surface area is 135 Å². The van der Waals surface area contributed by atoms with Gasteiger partial charge in [0.05, 0.1) is 26.4 Å². The van der Waals surface area contributed by atoms with Gasteiger partial charge in [0, 0.05) is 37.2 Å². The Kier molecular flexibility index (Phi) is 5.94. The maximum Gasteiger partial charge on any atom is 0.252 e. The predicted molar refractivity (Wildman–Crippen MR) is 87.0 cm³/mol. The van der Waals surface area contributed by atoms with Gasteiger partial charge < -0.3 is 19.5 Å². The number of pyridine rings is 1. The molecule has 0 unspecified atom stereocenters. The molecular weight excluding hydrogens is 296 g/mol. The predicted octanol–water partition coefficient (Wildman–Crippen LogP) is 2.14. The molecule has 1 aromatic heterocycles. The van der Waals surface area contributed by atoms with E-state index in [4.69, 9.17) is 14.2 Å². The standard InChI is InChI=1S/C17H20N2O4/c1-21-7-6-19-17(20)13-8-12(10-18-11-13)15-9-14(22-2)4-5-16(15)23-3/h4-5,8-11H,6-7H2,1-3H3,(H,19,20). The Balaban J connectivity index is 2.30. The highest BCUT2D eigenvalue weighted by molar-refractivity contribution is 5.95. The quantitative estimate of drug-likeness (QED) is 0.793. The Morgan fingerprint density at radius 1 is 1.13 bits per heavy atom. The van der Waals surface area contributed by atoms with E-state index in [0.717, 1.165) is 11.1 Å². The lowest BCUT2D eigenvalue weighted by Crippen LogP contribution is -2.27. The second kappa shape index (κ2) is 8.14. The average molecular weight is 316 g/mol. The van der Waals surface area contributed by atoms with E-state index in [1.807, 2.05) is 18.2 Å². The van der Waals surface area contributed by atoms with Gasteiger partial charge in [-0.1, -0.05) is 0 Å². The maximum atomic E-state index is 12.1. The van der Waals surface area contributed by atoms with Gasteiger partial charge >= 0.3 is 0 Å². The number of nitrogens with one attached hydrogen (secondary N) is 1. The zero-order valence-electron chi connectivity index (χ0n) is 13.5. The average Bonchev–Trinajstić information content (AvgIpc) is 2.61. The molecule has 0 radical (unpaired) electrons. The third-order valence-corrected chi connectivity index (χ3v) is 3.31. The number of benzene rings is 1. The van der Waals surface area contributed by atoms with E-state index in [2.05, 4.69) is 10.3 Å². The molecule has 122 valence electrons. The summed E-state index contributed by atoms with van der Waals surface area (Å²) in [5.41, 5.74) is 2.06. The van der Waals surface area contributed by atoms with Crippen LogP contribution in [0, 0.1) is 0 Å². The highest BCUT2D eigenvalue weighted by Gasteiger charge is 2.11. The molecule has 0 saturated heterocycles. The molecule has 0 fully saturated rings. The van der Waals surface area contributed by atoms with Gasteiger partial charge in [0.2, 0.25) is 0 Å². The minimum Gasteiger partial charge on any atom is -0.497 e.